The molecule has 4 aromatic heterocycles. The lowest BCUT2D eigenvalue weighted by Crippen LogP contribution is -2.15. The first-order chi connectivity index (χ1) is 15.8. The second kappa shape index (κ2) is 7.42. The molecular formula is C24H16FN5O2. The summed E-state index contributed by atoms with van der Waals surface area (Å²) in [7, 11) is 0. The molecule has 0 aliphatic carbocycles. The number of imidazole rings is 1. The summed E-state index contributed by atoms with van der Waals surface area (Å²) >= 11 is 0. The zero-order valence-corrected chi connectivity index (χ0v) is 16.7. The fourth-order valence-electron chi connectivity index (χ4n) is 3.79. The number of aromatic nitrogens is 5. The van der Waals surface area contributed by atoms with E-state index in [0.717, 1.165) is 11.1 Å². The van der Waals surface area contributed by atoms with Gasteiger partial charge in [-0.05, 0) is 42.5 Å². The van der Waals surface area contributed by atoms with Crippen molar-refractivity contribution in [3.05, 3.63) is 73.1 Å². The van der Waals surface area contributed by atoms with Crippen LogP contribution in [0.1, 0.15) is 0 Å². The number of benzene rings is 1. The minimum Gasteiger partial charge on any atom is -0.486 e. The van der Waals surface area contributed by atoms with E-state index in [9.17, 15) is 4.39 Å². The van der Waals surface area contributed by atoms with E-state index in [1.807, 2.05) is 36.4 Å². The third-order valence-electron chi connectivity index (χ3n) is 5.28. The Morgan fingerprint density at radius 2 is 1.69 bits per heavy atom. The minimum absolute atomic E-state index is 0.400. The van der Waals surface area contributed by atoms with Crippen molar-refractivity contribution in [3.63, 3.8) is 0 Å². The Kier molecular flexibility index (Phi) is 4.28. The average Bonchev–Trinajstić information content (AvgIpc) is 3.27. The summed E-state index contributed by atoms with van der Waals surface area (Å²) in [6.45, 7) is 1.04. The van der Waals surface area contributed by atoms with Gasteiger partial charge in [-0.2, -0.15) is 0 Å². The van der Waals surface area contributed by atoms with Crippen LogP contribution in [0.2, 0.25) is 0 Å². The van der Waals surface area contributed by atoms with Crippen LogP contribution < -0.4 is 9.47 Å². The van der Waals surface area contributed by atoms with Gasteiger partial charge in [0.2, 0.25) is 0 Å². The summed E-state index contributed by atoms with van der Waals surface area (Å²) in [6, 6.07) is 12.8. The molecule has 0 saturated carbocycles. The van der Waals surface area contributed by atoms with Crippen molar-refractivity contribution in [2.45, 2.75) is 0 Å². The molecular weight excluding hydrogens is 409 g/mol. The zero-order chi connectivity index (χ0) is 21.5. The highest BCUT2D eigenvalue weighted by atomic mass is 19.1. The number of aromatic amines is 1. The van der Waals surface area contributed by atoms with Crippen LogP contribution in [0.5, 0.6) is 11.5 Å². The highest BCUT2D eigenvalue weighted by molar-refractivity contribution is 5.90. The number of hydrogen-bond acceptors (Lipinski definition) is 6. The third kappa shape index (κ3) is 3.13. The van der Waals surface area contributed by atoms with Gasteiger partial charge >= 0.3 is 0 Å². The van der Waals surface area contributed by atoms with Gasteiger partial charge in [0.05, 0.1) is 11.9 Å². The van der Waals surface area contributed by atoms with E-state index in [1.54, 1.807) is 24.7 Å². The lowest BCUT2D eigenvalue weighted by Gasteiger charge is -2.18. The first-order valence-electron chi connectivity index (χ1n) is 10.1. The van der Waals surface area contributed by atoms with Gasteiger partial charge in [-0.1, -0.05) is 0 Å². The van der Waals surface area contributed by atoms with E-state index in [1.165, 1.54) is 6.20 Å². The lowest BCUT2D eigenvalue weighted by atomic mass is 10.0. The molecule has 5 aromatic rings. The smallest absolute Gasteiger partial charge is 0.162 e. The summed E-state index contributed by atoms with van der Waals surface area (Å²) in [5, 5.41) is 0. The largest absolute Gasteiger partial charge is 0.486 e. The molecule has 7 nitrogen and oxygen atoms in total. The third-order valence-corrected chi connectivity index (χ3v) is 5.28. The molecule has 1 aliphatic rings. The van der Waals surface area contributed by atoms with Crippen molar-refractivity contribution in [2.75, 3.05) is 13.2 Å². The predicted molar refractivity (Wildman–Crippen MR) is 117 cm³/mol. The molecule has 0 amide bonds. The Labute approximate surface area is 181 Å². The van der Waals surface area contributed by atoms with E-state index in [4.69, 9.17) is 19.4 Å². The number of fused-ring (bicyclic) bond motifs is 2. The summed E-state index contributed by atoms with van der Waals surface area (Å²) in [5.41, 5.74) is 4.44. The molecule has 0 radical (unpaired) electrons. The molecule has 156 valence electrons. The van der Waals surface area contributed by atoms with E-state index < -0.39 is 5.82 Å². The van der Waals surface area contributed by atoms with Crippen LogP contribution in [0.3, 0.4) is 0 Å². The highest BCUT2D eigenvalue weighted by Crippen LogP contribution is 2.36. The molecule has 0 atom stereocenters. The topological polar surface area (TPSA) is 85.8 Å². The van der Waals surface area contributed by atoms with Crippen LogP contribution in [0.15, 0.2) is 67.3 Å². The maximum absolute atomic E-state index is 14.6. The van der Waals surface area contributed by atoms with Crippen LogP contribution in [-0.2, 0) is 0 Å². The van der Waals surface area contributed by atoms with Crippen LogP contribution in [0.4, 0.5) is 4.39 Å². The number of hydrogen-bond donors (Lipinski definition) is 1. The second-order valence-corrected chi connectivity index (χ2v) is 7.29. The molecule has 0 unspecified atom stereocenters. The van der Waals surface area contributed by atoms with Crippen molar-refractivity contribution < 1.29 is 13.9 Å². The highest BCUT2D eigenvalue weighted by Gasteiger charge is 2.18. The maximum Gasteiger partial charge on any atom is 0.162 e. The average molecular weight is 425 g/mol. The Morgan fingerprint density at radius 3 is 2.53 bits per heavy atom. The molecule has 8 heteroatoms. The Balaban J connectivity index is 1.54. The van der Waals surface area contributed by atoms with Crippen LogP contribution in [0, 0.1) is 5.82 Å². The summed E-state index contributed by atoms with van der Waals surface area (Å²) in [5.74, 6) is 1.59. The van der Waals surface area contributed by atoms with Gasteiger partial charge in [0.1, 0.15) is 30.4 Å². The van der Waals surface area contributed by atoms with Crippen molar-refractivity contribution >= 4 is 11.2 Å². The quantitative estimate of drug-likeness (QED) is 0.453. The molecule has 0 saturated heterocycles. The lowest BCUT2D eigenvalue weighted by molar-refractivity contribution is 0.171. The summed E-state index contributed by atoms with van der Waals surface area (Å²) in [4.78, 5) is 20.8. The van der Waals surface area contributed by atoms with Gasteiger partial charge in [0.15, 0.2) is 17.1 Å². The number of halogens is 1. The summed E-state index contributed by atoms with van der Waals surface area (Å²) < 4.78 is 25.9. The van der Waals surface area contributed by atoms with Crippen LogP contribution in [0.25, 0.3) is 44.9 Å². The van der Waals surface area contributed by atoms with E-state index in [0.29, 0.717) is 58.5 Å². The molecule has 1 aliphatic heterocycles. The molecule has 1 aromatic carbocycles. The number of pyridine rings is 3. The normalized spacial score (nSPS) is 12.8. The molecule has 1 N–H and O–H groups in total. The number of ether oxygens (including phenoxy) is 2. The molecule has 0 spiro atoms. The monoisotopic (exact) mass is 425 g/mol. The van der Waals surface area contributed by atoms with Gasteiger partial charge < -0.3 is 14.5 Å². The van der Waals surface area contributed by atoms with E-state index in [-0.39, 0.29) is 0 Å². The van der Waals surface area contributed by atoms with E-state index in [2.05, 4.69) is 15.0 Å². The minimum atomic E-state index is -0.429. The SMILES string of the molecule is Fc1cnccc1-c1cc2nc(-c3ccc4c(c3)OCCO4)[nH]c2nc1-c1cccnc1. The fourth-order valence-corrected chi connectivity index (χ4v) is 3.79. The standard InChI is InChI=1S/C24H16FN5O2/c25-18-13-27-7-5-16(18)17-11-19-24(29-22(17)15-2-1-6-26-12-15)30-23(28-19)14-3-4-20-21(10-14)32-9-8-31-20/h1-7,10-13H,8-9H2,(H,28,29,30). The van der Waals surface area contributed by atoms with Gasteiger partial charge in [0, 0.05) is 40.8 Å². The van der Waals surface area contributed by atoms with Gasteiger partial charge in [-0.15, -0.1) is 0 Å². The van der Waals surface area contributed by atoms with Crippen molar-refractivity contribution in [1.82, 2.24) is 24.9 Å². The second-order valence-electron chi connectivity index (χ2n) is 7.29. The Morgan fingerprint density at radius 1 is 0.812 bits per heavy atom. The summed E-state index contributed by atoms with van der Waals surface area (Å²) in [6.07, 6.45) is 6.14. The van der Waals surface area contributed by atoms with Gasteiger partial charge in [-0.3, -0.25) is 9.97 Å². The van der Waals surface area contributed by atoms with Gasteiger partial charge in [0.25, 0.3) is 0 Å². The van der Waals surface area contributed by atoms with Crippen LogP contribution >= 0.6 is 0 Å². The number of rotatable bonds is 3. The number of nitrogens with zero attached hydrogens (tertiary/aromatic N) is 4. The van der Waals surface area contributed by atoms with Gasteiger partial charge in [-0.25, -0.2) is 14.4 Å². The first-order valence-corrected chi connectivity index (χ1v) is 10.1. The van der Waals surface area contributed by atoms with Crippen molar-refractivity contribution in [1.29, 1.82) is 0 Å². The Bertz CT molecular complexity index is 1450. The first kappa shape index (κ1) is 18.4. The molecule has 0 bridgehead atoms. The van der Waals surface area contributed by atoms with Crippen LogP contribution in [-0.4, -0.2) is 38.1 Å². The predicted octanol–water partition coefficient (Wildman–Crippen LogP) is 4.66. The fraction of sp³-hybridized carbons (Fsp3) is 0.0833. The zero-order valence-electron chi connectivity index (χ0n) is 16.7. The van der Waals surface area contributed by atoms with Crippen molar-refractivity contribution in [3.8, 4) is 45.3 Å². The molecule has 0 fully saturated rings. The molecule has 6 rings (SSSR count). The number of H-pyrrole nitrogens is 1. The molecule has 5 heterocycles. The Hall–Kier alpha value is -4.33. The van der Waals surface area contributed by atoms with Crippen molar-refractivity contribution in [2.24, 2.45) is 0 Å². The molecule has 32 heavy (non-hydrogen) atoms. The number of nitrogens with one attached hydrogen (secondary N) is 1. The maximum atomic E-state index is 14.6. The van der Waals surface area contributed by atoms with E-state index >= 15 is 0 Å².